The van der Waals surface area contributed by atoms with Crippen molar-refractivity contribution >= 4 is 5.97 Å². The molecule has 4 nitrogen and oxygen atoms in total. The average Bonchev–Trinajstić information content (AvgIpc) is 1.84. The highest BCUT2D eigenvalue weighted by Gasteiger charge is 2.16. The first kappa shape index (κ1) is 5.53. The summed E-state index contributed by atoms with van der Waals surface area (Å²) in [6, 6.07) is -1.11. The first-order valence-electron chi connectivity index (χ1n) is 2.61. The second kappa shape index (κ2) is 2.64. The summed E-state index contributed by atoms with van der Waals surface area (Å²) in [7, 11) is 0. The SMILES string of the molecule is [2H]OC(=O)[C@@H](N)[C@@H](C)O. The van der Waals surface area contributed by atoms with Crippen molar-refractivity contribution < 1.29 is 15.0 Å². The molecule has 48 valence electrons. The van der Waals surface area contributed by atoms with Gasteiger partial charge in [-0.2, -0.15) is 0 Å². The van der Waals surface area contributed by atoms with Crippen LogP contribution in [0, 0.1) is 0 Å². The lowest BCUT2D eigenvalue weighted by molar-refractivity contribution is -0.140. The molecule has 2 atom stereocenters. The van der Waals surface area contributed by atoms with Gasteiger partial charge in [0.1, 0.15) is 6.04 Å². The molecule has 4 N–H and O–H groups in total. The van der Waals surface area contributed by atoms with Crippen LogP contribution < -0.4 is 5.73 Å². The van der Waals surface area contributed by atoms with Crippen molar-refractivity contribution in [3.8, 4) is 0 Å². The number of carboxylic acid groups (broad SMARTS) is 1. The van der Waals surface area contributed by atoms with Gasteiger partial charge in [0.15, 0.2) is 0 Å². The maximum atomic E-state index is 10.3. The summed E-state index contributed by atoms with van der Waals surface area (Å²) in [5, 5.41) is 12.1. The number of aliphatic hydroxyl groups is 1. The molecule has 8 heavy (non-hydrogen) atoms. The van der Waals surface area contributed by atoms with E-state index in [0.29, 0.717) is 0 Å². The van der Waals surface area contributed by atoms with E-state index in [1.165, 1.54) is 6.92 Å². The van der Waals surface area contributed by atoms with E-state index in [4.69, 9.17) is 12.3 Å². The summed E-state index contributed by atoms with van der Waals surface area (Å²) < 4.78 is 6.09. The minimum atomic E-state index is -1.11. The van der Waals surface area contributed by atoms with Crippen molar-refractivity contribution in [3.63, 3.8) is 0 Å². The molecule has 0 saturated heterocycles. The van der Waals surface area contributed by atoms with Crippen LogP contribution >= 0.6 is 0 Å². The standard InChI is InChI=1S/C4H9NO3/c1-2(6)3(5)4(7)8/h2-3,6H,5H2,1H3,(H,7,8)/t2-,3+/m1/s1/i/hD. The lowest BCUT2D eigenvalue weighted by Gasteiger charge is -2.06. The third-order valence-corrected chi connectivity index (χ3v) is 0.792. The molecule has 0 aromatic carbocycles. The second-order valence-corrected chi connectivity index (χ2v) is 1.59. The Morgan fingerprint density at radius 1 is 2.00 bits per heavy atom. The van der Waals surface area contributed by atoms with Gasteiger partial charge < -0.3 is 15.9 Å². The molecule has 0 aromatic heterocycles. The first-order valence-corrected chi connectivity index (χ1v) is 2.20. The van der Waals surface area contributed by atoms with E-state index >= 15 is 0 Å². The Balaban J connectivity index is 3.72. The Labute approximate surface area is 48.4 Å². The lowest BCUT2D eigenvalue weighted by atomic mass is 10.2. The number of carbonyl (C=O) groups is 1. The molecule has 0 amide bonds. The molecular weight excluding hydrogens is 110 g/mol. The fraction of sp³-hybridized carbons (Fsp3) is 0.750. The number of aliphatic carboxylic acids is 1. The minimum Gasteiger partial charge on any atom is -0.480 e. The highest BCUT2D eigenvalue weighted by molar-refractivity contribution is 5.73. The van der Waals surface area contributed by atoms with Gasteiger partial charge in [0, 0.05) is 0 Å². The number of hydrogen-bond donors (Lipinski definition) is 3. The Kier molecular flexibility index (Phi) is 1.82. The molecule has 0 rings (SSSR count). The molecule has 0 fully saturated rings. The van der Waals surface area contributed by atoms with Crippen LogP contribution in [0.1, 0.15) is 6.92 Å². The van der Waals surface area contributed by atoms with E-state index in [0.717, 1.165) is 0 Å². The van der Waals surface area contributed by atoms with Gasteiger partial charge in [-0.1, -0.05) is 0 Å². The van der Waals surface area contributed by atoms with E-state index in [2.05, 4.69) is 5.11 Å². The van der Waals surface area contributed by atoms with Gasteiger partial charge in [-0.25, -0.2) is 0 Å². The average molecular weight is 120 g/mol. The predicted molar refractivity (Wildman–Crippen MR) is 27.3 cm³/mol. The van der Waals surface area contributed by atoms with Gasteiger partial charge in [0.2, 0.25) is 0 Å². The molecule has 0 aliphatic carbocycles. The van der Waals surface area contributed by atoms with Crippen LogP contribution in [0.25, 0.3) is 1.43 Å². The van der Waals surface area contributed by atoms with Crippen molar-refractivity contribution in [1.29, 1.82) is 1.43 Å². The van der Waals surface area contributed by atoms with Crippen LogP contribution in [-0.2, 0) is 4.79 Å². The Hall–Kier alpha value is -0.610. The molecule has 0 spiro atoms. The van der Waals surface area contributed by atoms with E-state index in [9.17, 15) is 4.79 Å². The zero-order valence-corrected chi connectivity index (χ0v) is 4.50. The van der Waals surface area contributed by atoms with Gasteiger partial charge >= 0.3 is 5.97 Å². The molecular formula is C4H9NO3. The summed E-state index contributed by atoms with van der Waals surface area (Å²) in [4.78, 5) is 10.3. The molecule has 4 heteroatoms. The zero-order valence-electron chi connectivity index (χ0n) is 5.50. The molecule has 0 bridgehead atoms. The van der Waals surface area contributed by atoms with Gasteiger partial charge in [0.05, 0.1) is 6.10 Å². The van der Waals surface area contributed by atoms with Gasteiger partial charge in [-0.15, -0.1) is 0 Å². The Morgan fingerprint density at radius 2 is 2.50 bits per heavy atom. The van der Waals surface area contributed by atoms with Crippen molar-refractivity contribution in [2.24, 2.45) is 5.73 Å². The first-order chi connectivity index (χ1) is 4.09. The largest absolute Gasteiger partial charge is 0.480 e. The van der Waals surface area contributed by atoms with Crippen molar-refractivity contribution in [2.45, 2.75) is 19.1 Å². The number of carboxylic acids is 1. The van der Waals surface area contributed by atoms with E-state index in [1.54, 1.807) is 0 Å². The van der Waals surface area contributed by atoms with Crippen LogP contribution in [-0.4, -0.2) is 28.3 Å². The third-order valence-electron chi connectivity index (χ3n) is 0.792. The van der Waals surface area contributed by atoms with Crippen LogP contribution in [0.3, 0.4) is 0 Å². The summed E-state index contributed by atoms with van der Waals surface area (Å²) in [5.74, 6) is -0.926. The smallest absolute Gasteiger partial charge is 0.323 e. The molecule has 0 unspecified atom stereocenters. The summed E-state index contributed by atoms with van der Waals surface area (Å²) in [6.07, 6.45) is -0.970. The summed E-state index contributed by atoms with van der Waals surface area (Å²) in [6.45, 7) is 1.35. The highest BCUT2D eigenvalue weighted by Crippen LogP contribution is 1.85. The molecule has 0 heterocycles. The fourth-order valence-electron chi connectivity index (χ4n) is 0.197. The number of hydrogen-bond acceptors (Lipinski definition) is 4. The van der Waals surface area contributed by atoms with E-state index < -0.39 is 18.1 Å². The maximum absolute atomic E-state index is 10.3. The van der Waals surface area contributed by atoms with Gasteiger partial charge in [0.25, 0.3) is 1.43 Å². The Bertz CT molecular complexity index is 106. The molecule has 0 aromatic rings. The fourth-order valence-corrected chi connectivity index (χ4v) is 0.197. The van der Waals surface area contributed by atoms with Crippen molar-refractivity contribution in [3.05, 3.63) is 0 Å². The highest BCUT2D eigenvalue weighted by atomic mass is 16.4. The van der Waals surface area contributed by atoms with Crippen molar-refractivity contribution in [2.75, 3.05) is 0 Å². The Morgan fingerprint density at radius 3 is 2.62 bits per heavy atom. The van der Waals surface area contributed by atoms with Crippen LogP contribution in [0.2, 0.25) is 0 Å². The van der Waals surface area contributed by atoms with Crippen LogP contribution in [0.5, 0.6) is 0 Å². The third kappa shape index (κ3) is 1.90. The quantitative estimate of drug-likeness (QED) is 0.426. The zero-order chi connectivity index (χ0) is 7.44. The predicted octanol–water partition coefficient (Wildman–Crippen LogP) is -1.22. The number of aliphatic hydroxyl groups excluding tert-OH is 1. The lowest BCUT2D eigenvalue weighted by Crippen LogP contribution is -2.39. The monoisotopic (exact) mass is 120 g/mol. The maximum Gasteiger partial charge on any atom is 0.323 e. The van der Waals surface area contributed by atoms with E-state index in [-0.39, 0.29) is 0 Å². The molecule has 0 radical (unpaired) electrons. The normalized spacial score (nSPS) is 18.6. The summed E-state index contributed by atoms with van der Waals surface area (Å²) in [5.41, 5.74) is 5.03. The minimum absolute atomic E-state index is 0.926. The molecule has 0 aliphatic rings. The second-order valence-electron chi connectivity index (χ2n) is 1.59. The van der Waals surface area contributed by atoms with E-state index in [1.807, 2.05) is 0 Å². The molecule has 0 saturated carbocycles. The van der Waals surface area contributed by atoms with Crippen LogP contribution in [0.4, 0.5) is 0 Å². The van der Waals surface area contributed by atoms with Gasteiger partial charge in [-0.05, 0) is 6.92 Å². The van der Waals surface area contributed by atoms with Gasteiger partial charge in [-0.3, -0.25) is 4.79 Å². The summed E-state index contributed by atoms with van der Waals surface area (Å²) >= 11 is 0. The number of nitrogens with two attached hydrogens (primary N) is 1. The number of rotatable bonds is 2. The van der Waals surface area contributed by atoms with Crippen molar-refractivity contribution in [1.82, 2.24) is 0 Å². The van der Waals surface area contributed by atoms with Crippen LogP contribution in [0.15, 0.2) is 0 Å². The topological polar surface area (TPSA) is 83.5 Å². The molecule has 0 aliphatic heterocycles.